The van der Waals surface area contributed by atoms with Crippen molar-refractivity contribution < 1.29 is 33.7 Å². The molecule has 0 radical (unpaired) electrons. The number of non-ortho nitro benzene ring substituents is 1. The maximum Gasteiger partial charge on any atom is 0.519 e. The summed E-state index contributed by atoms with van der Waals surface area (Å²) in [7, 11) is 0. The lowest BCUT2D eigenvalue weighted by atomic mass is 9.53. The van der Waals surface area contributed by atoms with Gasteiger partial charge < -0.3 is 14.2 Å². The number of hydrogen-bond donors (Lipinski definition) is 0. The van der Waals surface area contributed by atoms with Crippen LogP contribution in [0.25, 0.3) is 0 Å². The summed E-state index contributed by atoms with van der Waals surface area (Å²) in [5, 5.41) is 10.8. The fraction of sp³-hybridized carbons (Fsp3) is 0.552. The van der Waals surface area contributed by atoms with Crippen LogP contribution in [-0.2, 0) is 14.5 Å². The highest BCUT2D eigenvalue weighted by atomic mass is 17.3. The van der Waals surface area contributed by atoms with E-state index in [1.54, 1.807) is 12.1 Å². The zero-order valence-electron chi connectivity index (χ0n) is 21.1. The molecule has 1 heterocycles. The summed E-state index contributed by atoms with van der Waals surface area (Å²) in [6.07, 6.45) is 8.87. The average Bonchev–Trinajstić information content (AvgIpc) is 3.27. The molecule has 8 rings (SSSR count). The summed E-state index contributed by atoms with van der Waals surface area (Å²) < 4.78 is 17.3. The van der Waals surface area contributed by atoms with Gasteiger partial charge in [-0.3, -0.25) is 10.1 Å². The van der Waals surface area contributed by atoms with Crippen molar-refractivity contribution in [2.24, 2.45) is 23.7 Å². The smallest absolute Gasteiger partial charge is 0.395 e. The number of hydrogen-bond acceptors (Lipinski definition) is 8. The summed E-state index contributed by atoms with van der Waals surface area (Å²) in [5.74, 6) is 2.08. The Morgan fingerprint density at radius 1 is 0.868 bits per heavy atom. The Labute approximate surface area is 220 Å². The van der Waals surface area contributed by atoms with Crippen LogP contribution in [0.15, 0.2) is 48.5 Å². The summed E-state index contributed by atoms with van der Waals surface area (Å²) in [6, 6.07) is 12.7. The van der Waals surface area contributed by atoms with Gasteiger partial charge in [0.2, 0.25) is 11.6 Å². The molecule has 6 aliphatic rings. The molecule has 2 atom stereocenters. The first-order chi connectivity index (χ1) is 18.4. The summed E-state index contributed by atoms with van der Waals surface area (Å²) in [5.41, 5.74) is 1.05. The molecule has 0 aromatic heterocycles. The number of carbonyl (C=O) groups excluding carboxylic acids is 1. The number of nitrogens with zero attached hydrogens (tertiary/aromatic N) is 1. The van der Waals surface area contributed by atoms with Crippen molar-refractivity contribution in [3.8, 4) is 11.5 Å². The second-order valence-electron chi connectivity index (χ2n) is 11.8. The number of rotatable bonds is 4. The molecule has 9 heteroatoms. The lowest BCUT2D eigenvalue weighted by Gasteiger charge is -2.57. The Kier molecular flexibility index (Phi) is 5.72. The van der Waals surface area contributed by atoms with Gasteiger partial charge in [-0.2, -0.15) is 9.78 Å². The highest BCUT2D eigenvalue weighted by molar-refractivity contribution is 5.67. The van der Waals surface area contributed by atoms with E-state index >= 15 is 0 Å². The Morgan fingerprint density at radius 3 is 2.08 bits per heavy atom. The van der Waals surface area contributed by atoms with Crippen LogP contribution in [0.1, 0.15) is 69.3 Å². The molecule has 6 fully saturated rings. The first kappa shape index (κ1) is 24.1. The number of nitro benzene ring substituents is 1. The first-order valence-corrected chi connectivity index (χ1v) is 13.7. The molecule has 0 amide bonds. The van der Waals surface area contributed by atoms with Gasteiger partial charge in [0, 0.05) is 36.8 Å². The highest BCUT2D eigenvalue weighted by Crippen LogP contribution is 2.64. The fourth-order valence-electron chi connectivity index (χ4n) is 7.92. The SMILES string of the molecule is O=C(Oc1ccc(C2CCC[C@]3(C2)OOC2(O3)C3CC4CC(C3)CC2C4)cc1)Oc1ccc([N+](=O)[O-])cc1. The fourth-order valence-corrected chi connectivity index (χ4v) is 7.92. The Hall–Kier alpha value is -3.01. The maximum atomic E-state index is 12.2. The molecule has 1 saturated heterocycles. The van der Waals surface area contributed by atoms with Crippen molar-refractivity contribution >= 4 is 11.8 Å². The van der Waals surface area contributed by atoms with Gasteiger partial charge in [0.25, 0.3) is 5.69 Å². The van der Waals surface area contributed by atoms with E-state index in [0.29, 0.717) is 17.6 Å². The second-order valence-corrected chi connectivity index (χ2v) is 11.8. The van der Waals surface area contributed by atoms with Crippen LogP contribution < -0.4 is 9.47 Å². The predicted molar refractivity (Wildman–Crippen MR) is 133 cm³/mol. The van der Waals surface area contributed by atoms with E-state index in [0.717, 1.165) is 43.1 Å². The van der Waals surface area contributed by atoms with Gasteiger partial charge in [0.05, 0.1) is 4.92 Å². The Balaban J connectivity index is 0.985. The van der Waals surface area contributed by atoms with Gasteiger partial charge in [-0.05, 0) is 92.5 Å². The minimum absolute atomic E-state index is 0.0843. The molecule has 0 N–H and O–H groups in total. The monoisotopic (exact) mass is 521 g/mol. The van der Waals surface area contributed by atoms with Crippen LogP contribution in [0.5, 0.6) is 11.5 Å². The Morgan fingerprint density at radius 2 is 1.47 bits per heavy atom. The molecule has 2 aromatic carbocycles. The largest absolute Gasteiger partial charge is 0.519 e. The van der Waals surface area contributed by atoms with E-state index in [2.05, 4.69) is 0 Å². The quantitative estimate of drug-likeness (QED) is 0.145. The zero-order valence-corrected chi connectivity index (χ0v) is 21.1. The van der Waals surface area contributed by atoms with Crippen molar-refractivity contribution in [2.75, 3.05) is 0 Å². The standard InChI is InChI=1S/C29H31NO8/c31-27(35-26-9-5-24(6-10-26)30(32)33)34-25-7-3-20(4-8-25)21-2-1-11-28(17-21)36-29(38-37-28)22-13-18-12-19(15-22)16-23(29)14-18/h3-10,18-19,21-23H,1-2,11-17H2/t18?,19?,21?,22?,23?,28-,29?/m1/s1. The second kappa shape index (κ2) is 9.03. The van der Waals surface area contributed by atoms with Gasteiger partial charge in [-0.25, -0.2) is 4.79 Å². The van der Waals surface area contributed by atoms with Crippen LogP contribution in [-0.4, -0.2) is 22.7 Å². The van der Waals surface area contributed by atoms with Crippen molar-refractivity contribution in [3.05, 3.63) is 64.2 Å². The minimum atomic E-state index is -0.908. The van der Waals surface area contributed by atoms with Crippen LogP contribution in [0.3, 0.4) is 0 Å². The third kappa shape index (κ3) is 4.17. The molecular formula is C29H31NO8. The molecule has 2 aromatic rings. The molecule has 1 aliphatic heterocycles. The third-order valence-electron chi connectivity index (χ3n) is 9.41. The summed E-state index contributed by atoms with van der Waals surface area (Å²) in [6.45, 7) is 0. The lowest BCUT2D eigenvalue weighted by molar-refractivity contribution is -0.390. The number of nitro groups is 1. The maximum absolute atomic E-state index is 12.2. The topological polar surface area (TPSA) is 106 Å². The number of carbonyl (C=O) groups is 1. The predicted octanol–water partition coefficient (Wildman–Crippen LogP) is 6.66. The van der Waals surface area contributed by atoms with Crippen LogP contribution >= 0.6 is 0 Å². The summed E-state index contributed by atoms with van der Waals surface area (Å²) in [4.78, 5) is 34.8. The van der Waals surface area contributed by atoms with Crippen LogP contribution in [0, 0.1) is 33.8 Å². The van der Waals surface area contributed by atoms with Crippen LogP contribution in [0.2, 0.25) is 0 Å². The van der Waals surface area contributed by atoms with Gasteiger partial charge in [-0.15, -0.1) is 0 Å². The van der Waals surface area contributed by atoms with Crippen molar-refractivity contribution in [1.29, 1.82) is 0 Å². The van der Waals surface area contributed by atoms with Gasteiger partial charge in [0.1, 0.15) is 11.5 Å². The van der Waals surface area contributed by atoms with E-state index in [1.807, 2.05) is 12.1 Å². The molecule has 200 valence electrons. The van der Waals surface area contributed by atoms with Crippen molar-refractivity contribution in [2.45, 2.75) is 75.3 Å². The highest BCUT2D eigenvalue weighted by Gasteiger charge is 2.67. The Bertz CT molecular complexity index is 1200. The van der Waals surface area contributed by atoms with E-state index < -0.39 is 22.7 Å². The van der Waals surface area contributed by atoms with Gasteiger partial charge in [-0.1, -0.05) is 12.1 Å². The normalized spacial score (nSPS) is 37.0. The van der Waals surface area contributed by atoms with Gasteiger partial charge >= 0.3 is 6.16 Å². The molecule has 5 aliphatic carbocycles. The number of ether oxygens (including phenoxy) is 3. The van der Waals surface area contributed by atoms with E-state index in [1.165, 1.54) is 56.4 Å². The summed E-state index contributed by atoms with van der Waals surface area (Å²) >= 11 is 0. The van der Waals surface area contributed by atoms with E-state index in [-0.39, 0.29) is 17.4 Å². The molecule has 4 bridgehead atoms. The zero-order chi connectivity index (χ0) is 25.9. The minimum Gasteiger partial charge on any atom is -0.395 e. The molecule has 5 saturated carbocycles. The van der Waals surface area contributed by atoms with Gasteiger partial charge in [0.15, 0.2) is 0 Å². The first-order valence-electron chi connectivity index (χ1n) is 13.7. The average molecular weight is 522 g/mol. The molecule has 38 heavy (non-hydrogen) atoms. The van der Waals surface area contributed by atoms with E-state index in [4.69, 9.17) is 24.0 Å². The number of benzene rings is 2. The van der Waals surface area contributed by atoms with E-state index in [9.17, 15) is 14.9 Å². The molecule has 2 spiro atoms. The van der Waals surface area contributed by atoms with Crippen molar-refractivity contribution in [3.63, 3.8) is 0 Å². The molecule has 1 unspecified atom stereocenters. The molecule has 9 nitrogen and oxygen atoms in total. The van der Waals surface area contributed by atoms with Crippen molar-refractivity contribution in [1.82, 2.24) is 0 Å². The van der Waals surface area contributed by atoms with Crippen LogP contribution in [0.4, 0.5) is 10.5 Å². The lowest BCUT2D eigenvalue weighted by Crippen LogP contribution is -2.59. The third-order valence-corrected chi connectivity index (χ3v) is 9.41. The molecular weight excluding hydrogens is 490 g/mol.